The topological polar surface area (TPSA) is 65.9 Å². The van der Waals surface area contributed by atoms with Crippen LogP contribution in [0.1, 0.15) is 29.7 Å². The number of halogens is 3. The summed E-state index contributed by atoms with van der Waals surface area (Å²) in [7, 11) is 0. The van der Waals surface area contributed by atoms with Gasteiger partial charge in [0.15, 0.2) is 6.10 Å². The summed E-state index contributed by atoms with van der Waals surface area (Å²) in [6, 6.07) is 7.11. The number of benzene rings is 2. The highest BCUT2D eigenvalue weighted by Gasteiger charge is 2.27. The minimum atomic E-state index is -1.09. The van der Waals surface area contributed by atoms with Gasteiger partial charge in [-0.25, -0.2) is 8.78 Å². The Hall–Kier alpha value is -2.19. The van der Waals surface area contributed by atoms with Gasteiger partial charge in [-0.1, -0.05) is 6.07 Å². The molecule has 140 valence electrons. The highest BCUT2D eigenvalue weighted by atomic mass is 79.9. The van der Waals surface area contributed by atoms with Crippen LogP contribution in [0.15, 0.2) is 41.0 Å². The summed E-state index contributed by atoms with van der Waals surface area (Å²) >= 11 is 4.48. The molecule has 2 aromatic carbocycles. The largest absolute Gasteiger partial charge is 0.453 e. The van der Waals surface area contributed by atoms with Gasteiger partial charge in [-0.3, -0.25) is 10.2 Å². The minimum Gasteiger partial charge on any atom is -0.453 e. The second kappa shape index (κ2) is 7.82. The number of rotatable bonds is 4. The Balaban J connectivity index is 2.22. The number of nitrogens with one attached hydrogen (secondary N) is 2. The predicted molar refractivity (Wildman–Crippen MR) is 106 cm³/mol. The summed E-state index contributed by atoms with van der Waals surface area (Å²) in [6.45, 7) is 1.22. The SMILES string of the molecule is CSC(=N)c1cc(C(OC(C)=O)c2c(F)cc3[nH]ccc3c2Br)ccc1F. The van der Waals surface area contributed by atoms with Gasteiger partial charge in [0.05, 0.1) is 5.04 Å². The van der Waals surface area contributed by atoms with Crippen LogP contribution in [0, 0.1) is 17.0 Å². The summed E-state index contributed by atoms with van der Waals surface area (Å²) in [5.41, 5.74) is 1.16. The van der Waals surface area contributed by atoms with E-state index >= 15 is 0 Å². The maximum absolute atomic E-state index is 14.9. The zero-order chi connectivity index (χ0) is 19.7. The predicted octanol–water partition coefficient (Wildman–Crippen LogP) is 5.55. The van der Waals surface area contributed by atoms with Crippen molar-refractivity contribution in [1.82, 2.24) is 4.98 Å². The van der Waals surface area contributed by atoms with E-state index in [-0.39, 0.29) is 16.2 Å². The molecule has 0 saturated heterocycles. The van der Waals surface area contributed by atoms with Gasteiger partial charge in [0.2, 0.25) is 0 Å². The van der Waals surface area contributed by atoms with Gasteiger partial charge in [0.25, 0.3) is 0 Å². The van der Waals surface area contributed by atoms with E-state index < -0.39 is 23.7 Å². The molecule has 0 radical (unpaired) electrons. The third-order valence-electron chi connectivity index (χ3n) is 4.07. The lowest BCUT2D eigenvalue weighted by atomic mass is 9.97. The van der Waals surface area contributed by atoms with Gasteiger partial charge in [-0.05, 0) is 52.0 Å². The van der Waals surface area contributed by atoms with Crippen molar-refractivity contribution in [3.63, 3.8) is 0 Å². The van der Waals surface area contributed by atoms with Gasteiger partial charge < -0.3 is 9.72 Å². The summed E-state index contributed by atoms with van der Waals surface area (Å²) in [5, 5.41) is 8.65. The Morgan fingerprint density at radius 1 is 1.26 bits per heavy atom. The van der Waals surface area contributed by atoms with Crippen molar-refractivity contribution >= 4 is 49.6 Å². The standard InChI is InChI=1S/C19H15BrF2N2O2S/c1-9(25)26-18(10-3-4-13(21)12(7-10)19(23)27-2)16-14(22)8-15-11(17(16)20)5-6-24-15/h3-8,18,23-24H,1-2H3. The average Bonchev–Trinajstić information content (AvgIpc) is 3.09. The highest BCUT2D eigenvalue weighted by molar-refractivity contribution is 9.10. The number of hydrogen-bond donors (Lipinski definition) is 2. The maximum Gasteiger partial charge on any atom is 0.303 e. The zero-order valence-electron chi connectivity index (χ0n) is 14.4. The minimum absolute atomic E-state index is 0.0246. The average molecular weight is 453 g/mol. The zero-order valence-corrected chi connectivity index (χ0v) is 16.8. The number of aromatic nitrogens is 1. The molecule has 27 heavy (non-hydrogen) atoms. The van der Waals surface area contributed by atoms with Crippen LogP contribution in [0.2, 0.25) is 0 Å². The number of esters is 1. The molecule has 3 aromatic rings. The van der Waals surface area contributed by atoms with Gasteiger partial charge in [0, 0.05) is 39.6 Å². The van der Waals surface area contributed by atoms with Crippen molar-refractivity contribution in [2.24, 2.45) is 0 Å². The van der Waals surface area contributed by atoms with Crippen molar-refractivity contribution < 1.29 is 18.3 Å². The molecule has 3 rings (SSSR count). The van der Waals surface area contributed by atoms with Gasteiger partial charge >= 0.3 is 5.97 Å². The lowest BCUT2D eigenvalue weighted by Gasteiger charge is -2.21. The Morgan fingerprint density at radius 2 is 2.00 bits per heavy atom. The number of carbonyl (C=O) groups excluding carboxylic acids is 1. The number of fused-ring (bicyclic) bond motifs is 1. The molecule has 0 aliphatic carbocycles. The molecule has 0 spiro atoms. The number of H-pyrrole nitrogens is 1. The number of ether oxygens (including phenoxy) is 1. The number of carbonyl (C=O) groups is 1. The molecule has 4 nitrogen and oxygen atoms in total. The second-order valence-corrected chi connectivity index (χ2v) is 7.40. The quantitative estimate of drug-likeness (QED) is 0.309. The van der Waals surface area contributed by atoms with Crippen LogP contribution in [0.5, 0.6) is 0 Å². The van der Waals surface area contributed by atoms with Gasteiger partial charge in [-0.2, -0.15) is 0 Å². The van der Waals surface area contributed by atoms with Crippen molar-refractivity contribution in [2.45, 2.75) is 13.0 Å². The lowest BCUT2D eigenvalue weighted by Crippen LogP contribution is -2.14. The first-order valence-electron chi connectivity index (χ1n) is 7.88. The fraction of sp³-hybridized carbons (Fsp3) is 0.158. The van der Waals surface area contributed by atoms with E-state index in [0.29, 0.717) is 15.6 Å². The summed E-state index contributed by atoms with van der Waals surface area (Å²) < 4.78 is 34.8. The van der Waals surface area contributed by atoms with E-state index in [2.05, 4.69) is 20.9 Å². The number of thioether (sulfide) groups is 1. The van der Waals surface area contributed by atoms with Gasteiger partial charge in [0.1, 0.15) is 11.6 Å². The van der Waals surface area contributed by atoms with Crippen LogP contribution in [-0.4, -0.2) is 22.3 Å². The first-order chi connectivity index (χ1) is 12.8. The molecule has 0 bridgehead atoms. The molecule has 0 fully saturated rings. The van der Waals surface area contributed by atoms with Crippen molar-refractivity contribution in [2.75, 3.05) is 6.26 Å². The molecular formula is C19H15BrF2N2O2S. The molecule has 2 N–H and O–H groups in total. The third-order valence-corrected chi connectivity index (χ3v) is 5.55. The lowest BCUT2D eigenvalue weighted by molar-refractivity contribution is -0.144. The highest BCUT2D eigenvalue weighted by Crippen LogP contribution is 2.38. The Bertz CT molecular complexity index is 1050. The van der Waals surface area contributed by atoms with Crippen molar-refractivity contribution in [3.8, 4) is 0 Å². The van der Waals surface area contributed by atoms with Crippen LogP contribution >= 0.6 is 27.7 Å². The molecule has 1 aromatic heterocycles. The molecule has 0 amide bonds. The third kappa shape index (κ3) is 3.77. The maximum atomic E-state index is 14.9. The van der Waals surface area contributed by atoms with E-state index in [1.807, 2.05) is 0 Å². The molecule has 1 unspecified atom stereocenters. The number of aromatic amines is 1. The van der Waals surface area contributed by atoms with E-state index in [0.717, 1.165) is 17.1 Å². The molecule has 1 heterocycles. The van der Waals surface area contributed by atoms with E-state index in [1.165, 1.54) is 31.2 Å². The van der Waals surface area contributed by atoms with Crippen LogP contribution in [0.4, 0.5) is 8.78 Å². The smallest absolute Gasteiger partial charge is 0.303 e. The van der Waals surface area contributed by atoms with E-state index in [1.54, 1.807) is 18.5 Å². The Morgan fingerprint density at radius 3 is 2.67 bits per heavy atom. The molecule has 0 aliphatic heterocycles. The van der Waals surface area contributed by atoms with Crippen molar-refractivity contribution in [1.29, 1.82) is 5.41 Å². The Labute approximate surface area is 166 Å². The molecule has 0 aliphatic rings. The summed E-state index contributed by atoms with van der Waals surface area (Å²) in [4.78, 5) is 14.6. The summed E-state index contributed by atoms with van der Waals surface area (Å²) in [5.74, 6) is -1.75. The van der Waals surface area contributed by atoms with Crippen molar-refractivity contribution in [3.05, 3.63) is 69.3 Å². The van der Waals surface area contributed by atoms with Crippen LogP contribution in [0.25, 0.3) is 10.9 Å². The fourth-order valence-electron chi connectivity index (χ4n) is 2.84. The molecular weight excluding hydrogens is 438 g/mol. The number of hydrogen-bond acceptors (Lipinski definition) is 4. The van der Waals surface area contributed by atoms with Crippen LogP contribution in [0.3, 0.4) is 0 Å². The first kappa shape index (κ1) is 19.6. The van der Waals surface area contributed by atoms with Crippen LogP contribution < -0.4 is 0 Å². The van der Waals surface area contributed by atoms with E-state index in [4.69, 9.17) is 10.1 Å². The van der Waals surface area contributed by atoms with Gasteiger partial charge in [-0.15, -0.1) is 11.8 Å². The molecule has 1 atom stereocenters. The molecule has 0 saturated carbocycles. The van der Waals surface area contributed by atoms with E-state index in [9.17, 15) is 13.6 Å². The molecule has 8 heteroatoms. The Kier molecular flexibility index (Phi) is 5.67. The summed E-state index contributed by atoms with van der Waals surface area (Å²) in [6.07, 6.45) is 2.24. The van der Waals surface area contributed by atoms with Crippen LogP contribution in [-0.2, 0) is 9.53 Å². The second-order valence-electron chi connectivity index (χ2n) is 5.79. The normalized spacial score (nSPS) is 12.2. The monoisotopic (exact) mass is 452 g/mol. The first-order valence-corrected chi connectivity index (χ1v) is 9.89. The fourth-order valence-corrected chi connectivity index (χ4v) is 3.96.